The highest BCUT2D eigenvalue weighted by atomic mass is 35.5. The Bertz CT molecular complexity index is 937. The molecular weight excluding hydrogens is 425 g/mol. The number of anilines is 2. The van der Waals surface area contributed by atoms with E-state index in [1.165, 1.54) is 11.0 Å². The van der Waals surface area contributed by atoms with Crippen LogP contribution in [0.5, 0.6) is 0 Å². The Morgan fingerprint density at radius 2 is 2.03 bits per heavy atom. The summed E-state index contributed by atoms with van der Waals surface area (Å²) in [6, 6.07) is 8.38. The molecule has 0 spiro atoms. The fraction of sp³-hybridized carbons (Fsp3) is 0.381. The first kappa shape index (κ1) is 22.8. The van der Waals surface area contributed by atoms with E-state index in [9.17, 15) is 14.0 Å². The first-order valence-corrected chi connectivity index (χ1v) is 9.99. The summed E-state index contributed by atoms with van der Waals surface area (Å²) in [5, 5.41) is 3.30. The minimum atomic E-state index is -0.557. The third kappa shape index (κ3) is 5.23. The second-order valence-corrected chi connectivity index (χ2v) is 7.43. The van der Waals surface area contributed by atoms with Gasteiger partial charge in [-0.15, -0.1) is 12.4 Å². The van der Waals surface area contributed by atoms with Crippen molar-refractivity contribution >= 4 is 35.9 Å². The third-order valence-corrected chi connectivity index (χ3v) is 5.35. The maximum atomic E-state index is 14.8. The van der Waals surface area contributed by atoms with E-state index in [1.807, 2.05) is 12.1 Å². The molecule has 2 aliphatic heterocycles. The monoisotopic (exact) mass is 449 g/mol. The SMILES string of the molecule is Cl.NC(=O)CCC1CN(c2ccc(-c3ccc(N4CCNCC4)nc3)c(F)c2)C(=O)O1. The Balaban J connectivity index is 0.00000272. The summed E-state index contributed by atoms with van der Waals surface area (Å²) in [5.41, 5.74) is 6.63. The van der Waals surface area contributed by atoms with Gasteiger partial charge < -0.3 is 20.7 Å². The van der Waals surface area contributed by atoms with E-state index in [0.29, 0.717) is 23.2 Å². The van der Waals surface area contributed by atoms with Gasteiger partial charge in [0.25, 0.3) is 0 Å². The van der Waals surface area contributed by atoms with Crippen LogP contribution in [0.25, 0.3) is 11.1 Å². The summed E-state index contributed by atoms with van der Waals surface area (Å²) < 4.78 is 20.1. The van der Waals surface area contributed by atoms with Gasteiger partial charge in [0.15, 0.2) is 0 Å². The molecule has 10 heteroatoms. The maximum absolute atomic E-state index is 14.8. The van der Waals surface area contributed by atoms with Crippen molar-refractivity contribution in [3.05, 3.63) is 42.3 Å². The largest absolute Gasteiger partial charge is 0.444 e. The number of nitrogens with zero attached hydrogens (tertiary/aromatic N) is 3. The van der Waals surface area contributed by atoms with Gasteiger partial charge in [-0.2, -0.15) is 0 Å². The number of hydrogen-bond acceptors (Lipinski definition) is 6. The van der Waals surface area contributed by atoms with E-state index in [2.05, 4.69) is 15.2 Å². The van der Waals surface area contributed by atoms with E-state index < -0.39 is 23.9 Å². The third-order valence-electron chi connectivity index (χ3n) is 5.35. The van der Waals surface area contributed by atoms with E-state index >= 15 is 0 Å². The minimum absolute atomic E-state index is 0. The Hall–Kier alpha value is -2.91. The van der Waals surface area contributed by atoms with Gasteiger partial charge in [-0.25, -0.2) is 14.2 Å². The average molecular weight is 450 g/mol. The van der Waals surface area contributed by atoms with Crippen LogP contribution < -0.4 is 20.9 Å². The molecule has 2 fully saturated rings. The zero-order chi connectivity index (χ0) is 21.1. The van der Waals surface area contributed by atoms with Crippen LogP contribution in [0.2, 0.25) is 0 Å². The van der Waals surface area contributed by atoms with Gasteiger partial charge in [0.2, 0.25) is 5.91 Å². The number of halogens is 2. The van der Waals surface area contributed by atoms with Crippen molar-refractivity contribution < 1.29 is 18.7 Å². The number of ether oxygens (including phenoxy) is 1. The zero-order valence-electron chi connectivity index (χ0n) is 16.9. The number of carbonyl (C=O) groups is 2. The van der Waals surface area contributed by atoms with Gasteiger partial charge >= 0.3 is 6.09 Å². The fourth-order valence-electron chi connectivity index (χ4n) is 3.72. The van der Waals surface area contributed by atoms with Crippen molar-refractivity contribution in [1.82, 2.24) is 10.3 Å². The lowest BCUT2D eigenvalue weighted by Crippen LogP contribution is -2.43. The summed E-state index contributed by atoms with van der Waals surface area (Å²) in [6.45, 7) is 3.87. The van der Waals surface area contributed by atoms with Crippen molar-refractivity contribution in [2.75, 3.05) is 42.5 Å². The summed E-state index contributed by atoms with van der Waals surface area (Å²) >= 11 is 0. The molecule has 0 radical (unpaired) electrons. The number of rotatable bonds is 6. The van der Waals surface area contributed by atoms with Crippen LogP contribution in [-0.2, 0) is 9.53 Å². The molecule has 3 heterocycles. The molecular formula is C21H25ClFN5O3. The molecule has 1 aromatic heterocycles. The number of amides is 2. The molecule has 31 heavy (non-hydrogen) atoms. The van der Waals surface area contributed by atoms with Gasteiger partial charge in [-0.1, -0.05) is 0 Å². The quantitative estimate of drug-likeness (QED) is 0.701. The van der Waals surface area contributed by atoms with Crippen LogP contribution >= 0.6 is 12.4 Å². The van der Waals surface area contributed by atoms with Gasteiger partial charge in [0, 0.05) is 49.9 Å². The number of nitrogens with two attached hydrogens (primary N) is 1. The molecule has 2 saturated heterocycles. The molecule has 8 nitrogen and oxygen atoms in total. The van der Waals surface area contributed by atoms with Crippen molar-refractivity contribution in [2.45, 2.75) is 18.9 Å². The predicted molar refractivity (Wildman–Crippen MR) is 118 cm³/mol. The van der Waals surface area contributed by atoms with E-state index in [4.69, 9.17) is 10.5 Å². The second-order valence-electron chi connectivity index (χ2n) is 7.43. The van der Waals surface area contributed by atoms with Crippen molar-refractivity contribution in [3.63, 3.8) is 0 Å². The highest BCUT2D eigenvalue weighted by molar-refractivity contribution is 5.90. The topological polar surface area (TPSA) is 101 Å². The molecule has 0 saturated carbocycles. The highest BCUT2D eigenvalue weighted by Crippen LogP contribution is 2.30. The predicted octanol–water partition coefficient (Wildman–Crippen LogP) is 2.31. The van der Waals surface area contributed by atoms with Gasteiger partial charge in [-0.05, 0) is 36.8 Å². The van der Waals surface area contributed by atoms with Crippen LogP contribution in [0.15, 0.2) is 36.5 Å². The molecule has 1 unspecified atom stereocenters. The number of aromatic nitrogens is 1. The van der Waals surface area contributed by atoms with Crippen molar-refractivity contribution in [2.24, 2.45) is 5.73 Å². The molecule has 0 aliphatic carbocycles. The lowest BCUT2D eigenvalue weighted by atomic mass is 10.1. The van der Waals surface area contributed by atoms with Gasteiger partial charge in [-0.3, -0.25) is 9.69 Å². The Morgan fingerprint density at radius 3 is 2.68 bits per heavy atom. The minimum Gasteiger partial charge on any atom is -0.444 e. The lowest BCUT2D eigenvalue weighted by Gasteiger charge is -2.28. The first-order chi connectivity index (χ1) is 14.5. The molecule has 0 bridgehead atoms. The number of piperazine rings is 1. The first-order valence-electron chi connectivity index (χ1n) is 9.99. The molecule has 2 aromatic rings. The van der Waals surface area contributed by atoms with Crippen LogP contribution in [0.3, 0.4) is 0 Å². The lowest BCUT2D eigenvalue weighted by molar-refractivity contribution is -0.118. The number of primary amides is 1. The molecule has 3 N–H and O–H groups in total. The van der Waals surface area contributed by atoms with E-state index in [1.54, 1.807) is 18.3 Å². The van der Waals surface area contributed by atoms with E-state index in [-0.39, 0.29) is 25.4 Å². The summed E-state index contributed by atoms with van der Waals surface area (Å²) in [5.74, 6) is -0.0202. The maximum Gasteiger partial charge on any atom is 0.414 e. The average Bonchev–Trinajstić information content (AvgIpc) is 3.13. The normalized spacial score (nSPS) is 18.5. The number of nitrogens with one attached hydrogen (secondary N) is 1. The van der Waals surface area contributed by atoms with Crippen molar-refractivity contribution in [1.29, 1.82) is 0 Å². The summed E-state index contributed by atoms with van der Waals surface area (Å²) in [4.78, 5) is 31.1. The molecule has 2 aliphatic rings. The molecule has 166 valence electrons. The van der Waals surface area contributed by atoms with Gasteiger partial charge in [0.1, 0.15) is 17.7 Å². The fourth-order valence-corrected chi connectivity index (χ4v) is 3.72. The van der Waals surface area contributed by atoms with Crippen LogP contribution in [0.1, 0.15) is 12.8 Å². The Kier molecular flexibility index (Phi) is 7.29. The standard InChI is InChI=1S/C21H24FN5O3.ClH/c22-18-11-15(27-13-16(30-21(27)29)3-5-19(23)28)2-4-17(18)14-1-6-20(25-12-14)26-9-7-24-8-10-26;/h1-2,4,6,11-12,16,24H,3,5,7-10,13H2,(H2,23,28);1H. The molecule has 4 rings (SSSR count). The summed E-state index contributed by atoms with van der Waals surface area (Å²) in [6.07, 6.45) is 1.16. The summed E-state index contributed by atoms with van der Waals surface area (Å²) in [7, 11) is 0. The number of hydrogen-bond donors (Lipinski definition) is 2. The highest BCUT2D eigenvalue weighted by Gasteiger charge is 2.32. The molecule has 1 atom stereocenters. The second kappa shape index (κ2) is 9.93. The Labute approximate surface area is 186 Å². The number of pyridine rings is 1. The van der Waals surface area contributed by atoms with Crippen LogP contribution in [0.4, 0.5) is 20.7 Å². The molecule has 2 amide bonds. The zero-order valence-corrected chi connectivity index (χ0v) is 17.7. The van der Waals surface area contributed by atoms with Crippen LogP contribution in [-0.4, -0.2) is 55.8 Å². The van der Waals surface area contributed by atoms with E-state index in [0.717, 1.165) is 32.0 Å². The number of benzene rings is 1. The van der Waals surface area contributed by atoms with Crippen LogP contribution in [0, 0.1) is 5.82 Å². The van der Waals surface area contributed by atoms with Crippen molar-refractivity contribution in [3.8, 4) is 11.1 Å². The van der Waals surface area contributed by atoms with Gasteiger partial charge in [0.05, 0.1) is 12.2 Å². The Morgan fingerprint density at radius 1 is 1.26 bits per heavy atom. The molecule has 1 aromatic carbocycles. The number of cyclic esters (lactones) is 1. The smallest absolute Gasteiger partial charge is 0.414 e. The number of carbonyl (C=O) groups excluding carboxylic acids is 2.